The van der Waals surface area contributed by atoms with Crippen molar-refractivity contribution in [1.29, 1.82) is 0 Å². The van der Waals surface area contributed by atoms with Gasteiger partial charge in [-0.2, -0.15) is 13.2 Å². The van der Waals surface area contributed by atoms with Gasteiger partial charge in [0, 0.05) is 67.6 Å². The molecule has 0 aliphatic heterocycles. The number of aromatic hydroxyl groups is 1. The first-order valence-corrected chi connectivity index (χ1v) is 28.4. The van der Waals surface area contributed by atoms with Crippen molar-refractivity contribution in [3.05, 3.63) is 120 Å². The third-order valence-electron chi connectivity index (χ3n) is 13.7. The molecule has 89 heavy (non-hydrogen) atoms. The van der Waals surface area contributed by atoms with Crippen molar-refractivity contribution in [1.82, 2.24) is 57.5 Å². The van der Waals surface area contributed by atoms with Crippen LogP contribution < -0.4 is 59.7 Å². The molecule has 27 nitrogen and oxygen atoms in total. The van der Waals surface area contributed by atoms with Crippen molar-refractivity contribution in [2.24, 2.45) is 23.1 Å². The predicted octanol–water partition coefficient (Wildman–Crippen LogP) is 0.345. The van der Waals surface area contributed by atoms with Crippen LogP contribution in [0.4, 0.5) is 13.2 Å². The van der Waals surface area contributed by atoms with Crippen molar-refractivity contribution >= 4 is 75.9 Å². The molecular weight excluding hydrogens is 1170 g/mol. The molecule has 5 aromatic rings. The molecule has 8 atom stereocenters. The summed E-state index contributed by atoms with van der Waals surface area (Å²) in [6.07, 6.45) is 0.153. The number of nitrogens with one attached hydrogen (secondary N) is 10. The summed E-state index contributed by atoms with van der Waals surface area (Å²) in [5.74, 6) is -10.6. The third-order valence-corrected chi connectivity index (χ3v) is 13.7. The number of phenolic OH excluding ortho intramolecular Hbond substituents is 1. The van der Waals surface area contributed by atoms with Gasteiger partial charge in [-0.3, -0.25) is 47.9 Å². The molecule has 2 heterocycles. The highest BCUT2D eigenvalue weighted by molar-refractivity contribution is 5.97. The zero-order chi connectivity index (χ0) is 66.0. The molecule has 0 saturated carbocycles. The van der Waals surface area contributed by atoms with E-state index in [1.807, 2.05) is 25.1 Å². The van der Waals surface area contributed by atoms with Crippen LogP contribution in [0.3, 0.4) is 0 Å². The molecular formula is C59H77F3N14O13. The van der Waals surface area contributed by atoms with Gasteiger partial charge in [0.05, 0.1) is 12.4 Å². The Morgan fingerprint density at radius 1 is 0.607 bits per heavy atom. The largest absolute Gasteiger partial charge is 0.508 e. The first-order chi connectivity index (χ1) is 42.1. The van der Waals surface area contributed by atoms with E-state index in [4.69, 9.17) is 27.1 Å². The van der Waals surface area contributed by atoms with Crippen LogP contribution in [0.2, 0.25) is 0 Å². The number of carbonyl (C=O) groups is 11. The summed E-state index contributed by atoms with van der Waals surface area (Å²) in [7, 11) is 0. The number of H-pyrrole nitrogens is 2. The average molecular weight is 1250 g/mol. The van der Waals surface area contributed by atoms with Gasteiger partial charge in [0.1, 0.15) is 48.0 Å². The zero-order valence-corrected chi connectivity index (χ0v) is 49.4. The van der Waals surface area contributed by atoms with Gasteiger partial charge in [-0.05, 0) is 67.0 Å². The lowest BCUT2D eigenvalue weighted by Gasteiger charge is -2.26. The molecule has 8 unspecified atom stereocenters. The lowest BCUT2D eigenvalue weighted by molar-refractivity contribution is -0.192. The van der Waals surface area contributed by atoms with Crippen LogP contribution >= 0.6 is 0 Å². The van der Waals surface area contributed by atoms with Crippen LogP contribution in [-0.4, -0.2) is 151 Å². The van der Waals surface area contributed by atoms with E-state index in [1.54, 1.807) is 68.6 Å². The van der Waals surface area contributed by atoms with E-state index in [0.717, 1.165) is 17.3 Å². The van der Waals surface area contributed by atoms with Gasteiger partial charge in [-0.25, -0.2) is 9.78 Å². The van der Waals surface area contributed by atoms with Crippen LogP contribution in [0.5, 0.6) is 5.75 Å². The number of carbonyl (C=O) groups excluding carboxylic acids is 10. The number of nitrogens with two attached hydrogens (primary N) is 3. The van der Waals surface area contributed by atoms with E-state index in [-0.39, 0.29) is 57.2 Å². The fourth-order valence-electron chi connectivity index (χ4n) is 8.81. The molecule has 30 heteroatoms. The molecule has 0 fully saturated rings. The molecule has 5 rings (SSSR count). The molecule has 3 aromatic carbocycles. The fraction of sp³-hybridized carbons (Fsp3) is 0.424. The quantitative estimate of drug-likeness (QED) is 0.0269. The lowest BCUT2D eigenvalue weighted by atomic mass is 10.0. The maximum Gasteiger partial charge on any atom is 0.490 e. The number of fused-ring (bicyclic) bond motifs is 1. The van der Waals surface area contributed by atoms with Gasteiger partial charge in [0.2, 0.25) is 59.1 Å². The van der Waals surface area contributed by atoms with Gasteiger partial charge in [-0.1, -0.05) is 94.3 Å². The number of benzene rings is 3. The molecule has 10 amide bonds. The smallest absolute Gasteiger partial charge is 0.490 e. The highest BCUT2D eigenvalue weighted by atomic mass is 19.4. The Morgan fingerprint density at radius 2 is 1.17 bits per heavy atom. The van der Waals surface area contributed by atoms with Crippen LogP contribution in [-0.2, 0) is 78.4 Å². The molecule has 0 aliphatic carbocycles. The Kier molecular flexibility index (Phi) is 28.2. The van der Waals surface area contributed by atoms with E-state index in [9.17, 15) is 66.2 Å². The number of aliphatic carboxylic acids is 1. The standard InChI is InChI=1S/C57H76N14O11.C2HF3O2/c1-5-6-15-42(50(60)75)67-55(80)44(26-34-12-8-7-9-13-34)69-56(81)46(28-37-30-61-31-64-37)66-48(74)23-24-62-57(82)49(32(2)3)71-51(76)33(4)65-54(79)45(27-36-29-63-41-16-11-10-14-39(36)41)70-53(78)43(21-22-47(59)73)68-52(77)40(58)25-35-17-19-38(72)20-18-35;3-2(4,5)1(6)7/h7-14,16-20,29-33,40,42-46,49,63,72H,5-6,15,21-28,58H2,1-4H3,(H2,59,73)(H2,60,75)(H,61,64)(H,62,82)(H,65,79)(H,66,74)(H,67,80)(H,68,77)(H,69,81)(H,70,78)(H,71,76);(H,6,7). The summed E-state index contributed by atoms with van der Waals surface area (Å²) >= 11 is 0. The summed E-state index contributed by atoms with van der Waals surface area (Å²) in [5, 5.41) is 38.8. The lowest BCUT2D eigenvalue weighted by Crippen LogP contribution is -2.59. The number of aromatic nitrogens is 3. The number of para-hydroxylation sites is 1. The second-order valence-corrected chi connectivity index (χ2v) is 21.2. The molecule has 0 saturated heterocycles. The summed E-state index contributed by atoms with van der Waals surface area (Å²) in [6, 6.07) is 12.4. The SMILES string of the molecule is CCCCC(NC(=O)C(Cc1ccccc1)NC(=O)C(Cc1cnc[nH]1)NC(=O)CCNC(=O)C(NC(=O)C(C)NC(=O)C(Cc1c[nH]c2ccccc12)NC(=O)C(CCC(N)=O)NC(=O)C(N)Cc1ccc(O)cc1)C(C)C)C(N)=O.O=C(O)C(F)(F)F. The van der Waals surface area contributed by atoms with Crippen molar-refractivity contribution < 1.29 is 76.1 Å². The number of hydrogen-bond acceptors (Lipinski definition) is 14. The normalized spacial score (nSPS) is 13.9. The molecule has 0 radical (unpaired) electrons. The van der Waals surface area contributed by atoms with E-state index in [0.29, 0.717) is 35.2 Å². The second-order valence-electron chi connectivity index (χ2n) is 21.2. The minimum atomic E-state index is -5.08. The second kappa shape index (κ2) is 35.1. The highest BCUT2D eigenvalue weighted by Gasteiger charge is 2.38. The van der Waals surface area contributed by atoms with Crippen LogP contribution in [0.1, 0.15) is 88.6 Å². The van der Waals surface area contributed by atoms with E-state index >= 15 is 0 Å². The van der Waals surface area contributed by atoms with E-state index in [1.165, 1.54) is 31.6 Å². The van der Waals surface area contributed by atoms with Gasteiger partial charge in [-0.15, -0.1) is 0 Å². The average Bonchev–Trinajstić information content (AvgIpc) is 3.55. The predicted molar refractivity (Wildman–Crippen MR) is 317 cm³/mol. The Morgan fingerprint density at radius 3 is 1.75 bits per heavy atom. The minimum absolute atomic E-state index is 0.0160. The number of aromatic amines is 2. The Hall–Kier alpha value is -9.87. The van der Waals surface area contributed by atoms with Crippen molar-refractivity contribution in [2.45, 2.75) is 146 Å². The zero-order valence-electron chi connectivity index (χ0n) is 49.4. The number of alkyl halides is 3. The number of halogens is 3. The minimum Gasteiger partial charge on any atom is -0.508 e. The molecule has 18 N–H and O–H groups in total. The number of carboxylic acid groups (broad SMARTS) is 1. The fourth-order valence-corrected chi connectivity index (χ4v) is 8.81. The molecule has 2 aromatic heterocycles. The summed E-state index contributed by atoms with van der Waals surface area (Å²) in [6.45, 7) is 6.41. The van der Waals surface area contributed by atoms with Crippen LogP contribution in [0.25, 0.3) is 10.9 Å². The maximum absolute atomic E-state index is 14.2. The number of primary amides is 2. The van der Waals surface area contributed by atoms with Crippen LogP contribution in [0.15, 0.2) is 97.6 Å². The topological polar surface area (TPSA) is 447 Å². The van der Waals surface area contributed by atoms with Gasteiger partial charge in [0.15, 0.2) is 0 Å². The third kappa shape index (κ3) is 24.4. The van der Waals surface area contributed by atoms with E-state index < -0.39 is 125 Å². The van der Waals surface area contributed by atoms with Crippen molar-refractivity contribution in [3.63, 3.8) is 0 Å². The number of hydrogen-bond donors (Lipinski definition) is 15. The first kappa shape index (κ1) is 71.6. The highest BCUT2D eigenvalue weighted by Crippen LogP contribution is 2.20. The molecule has 0 aliphatic rings. The van der Waals surface area contributed by atoms with Gasteiger partial charge >= 0.3 is 12.1 Å². The molecule has 0 bridgehead atoms. The van der Waals surface area contributed by atoms with Gasteiger partial charge in [0.25, 0.3) is 0 Å². The summed E-state index contributed by atoms with van der Waals surface area (Å²) in [5.41, 5.74) is 20.4. The number of phenols is 1. The number of imidazole rings is 1. The number of amides is 10. The van der Waals surface area contributed by atoms with Crippen molar-refractivity contribution in [3.8, 4) is 5.75 Å². The summed E-state index contributed by atoms with van der Waals surface area (Å²) in [4.78, 5) is 153. The van der Waals surface area contributed by atoms with Crippen LogP contribution in [0, 0.1) is 5.92 Å². The monoisotopic (exact) mass is 1250 g/mol. The number of unbranched alkanes of at least 4 members (excludes halogenated alkanes) is 1. The van der Waals surface area contributed by atoms with E-state index in [2.05, 4.69) is 57.5 Å². The summed E-state index contributed by atoms with van der Waals surface area (Å²) < 4.78 is 31.7. The Balaban J connectivity index is 0.00000227. The Labute approximate surface area is 509 Å². The first-order valence-electron chi connectivity index (χ1n) is 28.4. The number of carboxylic acids is 1. The molecule has 482 valence electrons. The Bertz CT molecular complexity index is 3200. The molecule has 0 spiro atoms. The van der Waals surface area contributed by atoms with Crippen molar-refractivity contribution in [2.75, 3.05) is 6.54 Å². The number of rotatable bonds is 33. The van der Waals surface area contributed by atoms with Gasteiger partial charge < -0.3 is 79.9 Å². The maximum atomic E-state index is 14.2. The number of nitrogens with zero attached hydrogens (tertiary/aromatic N) is 1.